The molecule has 11 heteroatoms. The van der Waals surface area contributed by atoms with E-state index in [0.717, 1.165) is 15.3 Å². The third-order valence-electron chi connectivity index (χ3n) is 5.79. The van der Waals surface area contributed by atoms with E-state index in [-0.39, 0.29) is 16.3 Å². The Balaban J connectivity index is 1.34. The number of hydrogen-bond donors (Lipinski definition) is 1. The molecule has 10 nitrogen and oxygen atoms in total. The SMILES string of the molecule is Cc1sc2nc(CN3CCN(c4nc5ccccn5c4[N+](=O)[O-])CC3)[nH]c(=O)c2c1C. The first-order chi connectivity index (χ1) is 14.9. The smallest absolute Gasteiger partial charge is 0.358 e. The van der Waals surface area contributed by atoms with Crippen LogP contribution >= 0.6 is 11.3 Å². The van der Waals surface area contributed by atoms with Gasteiger partial charge in [0.2, 0.25) is 11.5 Å². The number of thiophene rings is 1. The molecule has 1 saturated heterocycles. The molecule has 1 fully saturated rings. The van der Waals surface area contributed by atoms with E-state index in [2.05, 4.69) is 19.9 Å². The van der Waals surface area contributed by atoms with Gasteiger partial charge in [-0.2, -0.15) is 9.38 Å². The van der Waals surface area contributed by atoms with Crippen molar-refractivity contribution in [1.29, 1.82) is 0 Å². The molecule has 0 atom stereocenters. The molecule has 1 aliphatic rings. The normalized spacial score (nSPS) is 15.2. The predicted octanol–water partition coefficient (Wildman–Crippen LogP) is 2.48. The van der Waals surface area contributed by atoms with Gasteiger partial charge in [-0.25, -0.2) is 4.98 Å². The molecule has 0 radical (unpaired) electrons. The molecule has 0 amide bonds. The molecule has 0 spiro atoms. The van der Waals surface area contributed by atoms with E-state index in [1.807, 2.05) is 24.8 Å². The largest absolute Gasteiger partial charge is 0.372 e. The fraction of sp³-hybridized carbons (Fsp3) is 0.350. The zero-order valence-electron chi connectivity index (χ0n) is 17.2. The van der Waals surface area contributed by atoms with Gasteiger partial charge < -0.3 is 20.0 Å². The summed E-state index contributed by atoms with van der Waals surface area (Å²) in [7, 11) is 0. The number of fused-ring (bicyclic) bond motifs is 2. The summed E-state index contributed by atoms with van der Waals surface area (Å²) < 4.78 is 1.51. The van der Waals surface area contributed by atoms with Crippen molar-refractivity contribution in [2.24, 2.45) is 0 Å². The second kappa shape index (κ2) is 7.43. The van der Waals surface area contributed by atoms with Crippen molar-refractivity contribution in [2.45, 2.75) is 20.4 Å². The van der Waals surface area contributed by atoms with Gasteiger partial charge in [-0.15, -0.1) is 11.3 Å². The molecule has 0 aromatic carbocycles. The topological polar surface area (TPSA) is 113 Å². The van der Waals surface area contributed by atoms with Gasteiger partial charge in [0.05, 0.1) is 18.1 Å². The van der Waals surface area contributed by atoms with Crippen LogP contribution in [0.4, 0.5) is 11.6 Å². The number of nitrogens with zero attached hydrogens (tertiary/aromatic N) is 6. The molecular formula is C20H21N7O3S. The maximum Gasteiger partial charge on any atom is 0.372 e. The lowest BCUT2D eigenvalue weighted by molar-refractivity contribution is -0.389. The van der Waals surface area contributed by atoms with Crippen molar-refractivity contribution < 1.29 is 4.92 Å². The molecule has 31 heavy (non-hydrogen) atoms. The quantitative estimate of drug-likeness (QED) is 0.384. The summed E-state index contributed by atoms with van der Waals surface area (Å²) in [5.41, 5.74) is 1.45. The number of piperazine rings is 1. The molecule has 5 heterocycles. The highest BCUT2D eigenvalue weighted by Crippen LogP contribution is 2.30. The summed E-state index contributed by atoms with van der Waals surface area (Å²) in [6.45, 7) is 7.07. The van der Waals surface area contributed by atoms with Gasteiger partial charge in [-0.3, -0.25) is 9.69 Å². The number of H-pyrrole nitrogens is 1. The van der Waals surface area contributed by atoms with E-state index in [1.54, 1.807) is 29.7 Å². The van der Waals surface area contributed by atoms with Crippen LogP contribution in [0.15, 0.2) is 29.2 Å². The average molecular weight is 440 g/mol. The van der Waals surface area contributed by atoms with Gasteiger partial charge in [0, 0.05) is 37.1 Å². The van der Waals surface area contributed by atoms with Crippen LogP contribution in [0.1, 0.15) is 16.3 Å². The van der Waals surface area contributed by atoms with Gasteiger partial charge in [0.25, 0.3) is 5.56 Å². The van der Waals surface area contributed by atoms with Crippen molar-refractivity contribution in [3.63, 3.8) is 0 Å². The maximum atomic E-state index is 12.5. The Morgan fingerprint density at radius 3 is 2.71 bits per heavy atom. The standard InChI is InChI=1S/C20H21N7O3S/c1-12-13(2)31-19-16(12)18(28)21-14(22-19)11-24-7-9-25(10-8-24)17-20(27(29)30)26-6-4-3-5-15(26)23-17/h3-6H,7-11H2,1-2H3,(H,21,22,28). The number of rotatable bonds is 4. The number of aromatic amines is 1. The lowest BCUT2D eigenvalue weighted by Crippen LogP contribution is -2.46. The van der Waals surface area contributed by atoms with E-state index in [9.17, 15) is 14.9 Å². The van der Waals surface area contributed by atoms with Crippen molar-refractivity contribution in [2.75, 3.05) is 31.1 Å². The second-order valence-electron chi connectivity index (χ2n) is 7.68. The number of aromatic nitrogens is 4. The Hall–Kier alpha value is -3.31. The van der Waals surface area contributed by atoms with Crippen LogP contribution < -0.4 is 10.5 Å². The fourth-order valence-corrected chi connectivity index (χ4v) is 5.10. The Morgan fingerprint density at radius 1 is 1.19 bits per heavy atom. The Labute approximate surface area is 180 Å². The van der Waals surface area contributed by atoms with Crippen molar-refractivity contribution >= 4 is 38.8 Å². The third-order valence-corrected chi connectivity index (χ3v) is 6.89. The molecule has 160 valence electrons. The summed E-state index contributed by atoms with van der Waals surface area (Å²) in [5.74, 6) is 1.03. The molecule has 0 aliphatic carbocycles. The van der Waals surface area contributed by atoms with Gasteiger partial charge in [0.1, 0.15) is 10.7 Å². The van der Waals surface area contributed by atoms with Crippen LogP contribution in [-0.4, -0.2) is 55.4 Å². The second-order valence-corrected chi connectivity index (χ2v) is 8.89. The number of pyridine rings is 1. The number of imidazole rings is 1. The van der Waals surface area contributed by atoms with Crippen LogP contribution in [0.3, 0.4) is 0 Å². The molecule has 0 unspecified atom stereocenters. The molecule has 4 aromatic heterocycles. The fourth-order valence-electron chi connectivity index (χ4n) is 4.06. The Morgan fingerprint density at radius 2 is 1.97 bits per heavy atom. The van der Waals surface area contributed by atoms with Crippen LogP contribution in [0.2, 0.25) is 0 Å². The molecular weight excluding hydrogens is 418 g/mol. The number of hydrogen-bond acceptors (Lipinski definition) is 8. The van der Waals surface area contributed by atoms with E-state index in [0.29, 0.717) is 55.4 Å². The van der Waals surface area contributed by atoms with Crippen molar-refractivity contribution in [1.82, 2.24) is 24.3 Å². The van der Waals surface area contributed by atoms with Crippen molar-refractivity contribution in [3.8, 4) is 0 Å². The van der Waals surface area contributed by atoms with E-state index < -0.39 is 0 Å². The predicted molar refractivity (Wildman–Crippen MR) is 119 cm³/mol. The molecule has 1 aliphatic heterocycles. The first-order valence-corrected chi connectivity index (χ1v) is 10.8. The zero-order chi connectivity index (χ0) is 21.7. The summed E-state index contributed by atoms with van der Waals surface area (Å²) in [4.78, 5) is 41.9. The van der Waals surface area contributed by atoms with Crippen LogP contribution in [0.5, 0.6) is 0 Å². The molecule has 1 N–H and O–H groups in total. The summed E-state index contributed by atoms with van der Waals surface area (Å²) in [5, 5.41) is 12.4. The summed E-state index contributed by atoms with van der Waals surface area (Å²) in [6, 6.07) is 5.33. The monoisotopic (exact) mass is 439 g/mol. The lowest BCUT2D eigenvalue weighted by atomic mass is 10.2. The van der Waals surface area contributed by atoms with Crippen LogP contribution in [-0.2, 0) is 6.54 Å². The number of anilines is 1. The van der Waals surface area contributed by atoms with E-state index >= 15 is 0 Å². The highest BCUT2D eigenvalue weighted by molar-refractivity contribution is 7.18. The van der Waals surface area contributed by atoms with Gasteiger partial charge in [-0.05, 0) is 30.4 Å². The van der Waals surface area contributed by atoms with Gasteiger partial charge in [-0.1, -0.05) is 6.07 Å². The minimum Gasteiger partial charge on any atom is -0.358 e. The Bertz CT molecular complexity index is 1360. The molecule has 0 saturated carbocycles. The number of aryl methyl sites for hydroxylation is 2. The average Bonchev–Trinajstić information content (AvgIpc) is 3.26. The van der Waals surface area contributed by atoms with Gasteiger partial charge in [0.15, 0.2) is 0 Å². The summed E-state index contributed by atoms with van der Waals surface area (Å²) >= 11 is 1.54. The van der Waals surface area contributed by atoms with Gasteiger partial charge >= 0.3 is 5.82 Å². The Kier molecular flexibility index (Phi) is 4.71. The first kappa shape index (κ1) is 19.6. The highest BCUT2D eigenvalue weighted by atomic mass is 32.1. The van der Waals surface area contributed by atoms with Crippen LogP contribution in [0.25, 0.3) is 15.9 Å². The molecule has 5 rings (SSSR count). The lowest BCUT2D eigenvalue weighted by Gasteiger charge is -2.34. The minimum absolute atomic E-state index is 0.0102. The van der Waals surface area contributed by atoms with E-state index in [1.165, 1.54) is 4.40 Å². The summed E-state index contributed by atoms with van der Waals surface area (Å²) in [6.07, 6.45) is 1.66. The zero-order valence-corrected chi connectivity index (χ0v) is 18.0. The third kappa shape index (κ3) is 3.35. The highest BCUT2D eigenvalue weighted by Gasteiger charge is 2.29. The maximum absolute atomic E-state index is 12.5. The first-order valence-electron chi connectivity index (χ1n) is 10.00. The molecule has 0 bridgehead atoms. The number of nitro groups is 1. The van der Waals surface area contributed by atoms with E-state index in [4.69, 9.17) is 0 Å². The number of nitrogens with one attached hydrogen (secondary N) is 1. The van der Waals surface area contributed by atoms with Crippen molar-refractivity contribution in [3.05, 3.63) is 61.1 Å². The van der Waals surface area contributed by atoms with Crippen LogP contribution in [0, 0.1) is 24.0 Å². The molecule has 4 aromatic rings. The minimum atomic E-state index is -0.378.